The predicted molar refractivity (Wildman–Crippen MR) is 77.0 cm³/mol. The second kappa shape index (κ2) is 7.91. The van der Waals surface area contributed by atoms with Crippen LogP contribution in [0.15, 0.2) is 18.3 Å². The first-order chi connectivity index (χ1) is 9.78. The number of nitrogens with zero attached hydrogens (tertiary/aromatic N) is 3. The van der Waals surface area contributed by atoms with E-state index < -0.39 is 0 Å². The molecule has 0 aliphatic carbocycles. The lowest BCUT2D eigenvalue weighted by Gasteiger charge is -2.32. The highest BCUT2D eigenvalue weighted by Crippen LogP contribution is 2.09. The van der Waals surface area contributed by atoms with Crippen molar-refractivity contribution in [1.82, 2.24) is 25.7 Å². The first-order valence-corrected chi connectivity index (χ1v) is 7.21. The van der Waals surface area contributed by atoms with Crippen LogP contribution in [0.25, 0.3) is 0 Å². The molecule has 0 spiro atoms. The molecule has 1 saturated heterocycles. The standard InChI is InChI=1S/C14H23N5O/c1-15-13-5-3-8-19(11-13)9-6-14(20)16-10-12-4-2-7-17-18-12/h2,4,7,13,15H,3,5-6,8-11H2,1H3,(H,16,20). The number of rotatable bonds is 6. The number of hydrogen-bond donors (Lipinski definition) is 2. The largest absolute Gasteiger partial charge is 0.350 e. The third kappa shape index (κ3) is 4.86. The van der Waals surface area contributed by atoms with E-state index in [2.05, 4.69) is 25.7 Å². The summed E-state index contributed by atoms with van der Waals surface area (Å²) < 4.78 is 0. The number of likely N-dealkylation sites (tertiary alicyclic amines) is 1. The summed E-state index contributed by atoms with van der Waals surface area (Å²) in [7, 11) is 2.00. The van der Waals surface area contributed by atoms with Gasteiger partial charge in [0.25, 0.3) is 0 Å². The van der Waals surface area contributed by atoms with Crippen molar-refractivity contribution in [2.24, 2.45) is 0 Å². The first-order valence-electron chi connectivity index (χ1n) is 7.21. The van der Waals surface area contributed by atoms with Crippen molar-refractivity contribution in [1.29, 1.82) is 0 Å². The van der Waals surface area contributed by atoms with Crippen LogP contribution in [-0.2, 0) is 11.3 Å². The zero-order valence-corrected chi connectivity index (χ0v) is 12.0. The number of aromatic nitrogens is 2. The van der Waals surface area contributed by atoms with Crippen molar-refractivity contribution in [2.45, 2.75) is 31.8 Å². The lowest BCUT2D eigenvalue weighted by atomic mass is 10.1. The summed E-state index contributed by atoms with van der Waals surface area (Å²) in [5, 5.41) is 13.9. The molecule has 2 heterocycles. The van der Waals surface area contributed by atoms with Gasteiger partial charge in [-0.25, -0.2) is 0 Å². The molecule has 2 N–H and O–H groups in total. The van der Waals surface area contributed by atoms with Gasteiger partial charge in [0.1, 0.15) is 0 Å². The van der Waals surface area contributed by atoms with Gasteiger partial charge in [-0.1, -0.05) is 0 Å². The van der Waals surface area contributed by atoms with Gasteiger partial charge in [-0.2, -0.15) is 10.2 Å². The fourth-order valence-corrected chi connectivity index (χ4v) is 2.46. The predicted octanol–water partition coefficient (Wildman–Crippen LogP) is 0.167. The van der Waals surface area contributed by atoms with E-state index in [0.717, 1.165) is 25.3 Å². The second-order valence-corrected chi connectivity index (χ2v) is 5.17. The van der Waals surface area contributed by atoms with Crippen LogP contribution in [-0.4, -0.2) is 53.7 Å². The van der Waals surface area contributed by atoms with Gasteiger partial charge in [0.2, 0.25) is 5.91 Å². The molecule has 0 bridgehead atoms. The fourth-order valence-electron chi connectivity index (χ4n) is 2.46. The van der Waals surface area contributed by atoms with Crippen molar-refractivity contribution in [3.63, 3.8) is 0 Å². The van der Waals surface area contributed by atoms with Gasteiger partial charge in [0.05, 0.1) is 12.2 Å². The Morgan fingerprint density at radius 2 is 2.45 bits per heavy atom. The topological polar surface area (TPSA) is 70.2 Å². The van der Waals surface area contributed by atoms with Crippen LogP contribution in [0.4, 0.5) is 0 Å². The highest BCUT2D eigenvalue weighted by Gasteiger charge is 2.18. The summed E-state index contributed by atoms with van der Waals surface area (Å²) in [6.07, 6.45) is 4.59. The molecule has 0 aromatic carbocycles. The number of carbonyl (C=O) groups is 1. The van der Waals surface area contributed by atoms with Crippen molar-refractivity contribution in [2.75, 3.05) is 26.7 Å². The van der Waals surface area contributed by atoms with Crippen molar-refractivity contribution in [3.8, 4) is 0 Å². The quantitative estimate of drug-likeness (QED) is 0.775. The number of likely N-dealkylation sites (N-methyl/N-ethyl adjacent to an activating group) is 1. The molecule has 1 aliphatic heterocycles. The minimum atomic E-state index is 0.0715. The average Bonchev–Trinajstić information content (AvgIpc) is 2.52. The maximum absolute atomic E-state index is 11.8. The molecule has 1 atom stereocenters. The number of nitrogens with one attached hydrogen (secondary N) is 2. The summed E-state index contributed by atoms with van der Waals surface area (Å²) in [6.45, 7) is 3.40. The molecule has 20 heavy (non-hydrogen) atoms. The smallest absolute Gasteiger partial charge is 0.221 e. The van der Waals surface area contributed by atoms with Crippen LogP contribution in [0.2, 0.25) is 0 Å². The third-order valence-corrected chi connectivity index (χ3v) is 3.66. The Kier molecular flexibility index (Phi) is 5.88. The fraction of sp³-hybridized carbons (Fsp3) is 0.643. The van der Waals surface area contributed by atoms with Gasteiger partial charge >= 0.3 is 0 Å². The van der Waals surface area contributed by atoms with Gasteiger partial charge in [-0.15, -0.1) is 0 Å². The molecule has 1 aromatic rings. The summed E-state index contributed by atoms with van der Waals surface area (Å²) in [6, 6.07) is 4.24. The minimum absolute atomic E-state index is 0.0715. The van der Waals surface area contributed by atoms with Crippen molar-refractivity contribution >= 4 is 5.91 Å². The van der Waals surface area contributed by atoms with Crippen LogP contribution >= 0.6 is 0 Å². The van der Waals surface area contributed by atoms with Gasteiger partial charge in [-0.05, 0) is 38.6 Å². The van der Waals surface area contributed by atoms with Crippen molar-refractivity contribution in [3.05, 3.63) is 24.0 Å². The normalized spacial score (nSPS) is 19.8. The lowest BCUT2D eigenvalue weighted by molar-refractivity contribution is -0.121. The Morgan fingerprint density at radius 3 is 3.20 bits per heavy atom. The zero-order valence-electron chi connectivity index (χ0n) is 12.0. The van der Waals surface area contributed by atoms with E-state index in [-0.39, 0.29) is 5.91 Å². The van der Waals surface area contributed by atoms with Gasteiger partial charge < -0.3 is 15.5 Å². The summed E-state index contributed by atoms with van der Waals surface area (Å²) in [4.78, 5) is 14.2. The molecule has 6 heteroatoms. The maximum atomic E-state index is 11.8. The van der Waals surface area contributed by atoms with E-state index in [4.69, 9.17) is 0 Å². The van der Waals surface area contributed by atoms with E-state index in [0.29, 0.717) is 19.0 Å². The Balaban J connectivity index is 1.65. The molecular weight excluding hydrogens is 254 g/mol. The Morgan fingerprint density at radius 1 is 1.55 bits per heavy atom. The number of amides is 1. The third-order valence-electron chi connectivity index (χ3n) is 3.66. The molecule has 1 unspecified atom stereocenters. The summed E-state index contributed by atoms with van der Waals surface area (Å²) in [5.41, 5.74) is 0.786. The maximum Gasteiger partial charge on any atom is 0.221 e. The van der Waals surface area contributed by atoms with Gasteiger partial charge in [0.15, 0.2) is 0 Å². The van der Waals surface area contributed by atoms with E-state index in [1.807, 2.05) is 19.2 Å². The second-order valence-electron chi connectivity index (χ2n) is 5.17. The molecule has 1 aromatic heterocycles. The molecular formula is C14H23N5O. The van der Waals surface area contributed by atoms with Crippen LogP contribution in [0.5, 0.6) is 0 Å². The van der Waals surface area contributed by atoms with E-state index in [9.17, 15) is 4.79 Å². The van der Waals surface area contributed by atoms with Crippen LogP contribution in [0, 0.1) is 0 Å². The van der Waals surface area contributed by atoms with Crippen LogP contribution in [0.1, 0.15) is 25.0 Å². The molecule has 6 nitrogen and oxygen atoms in total. The van der Waals surface area contributed by atoms with E-state index >= 15 is 0 Å². The molecule has 0 radical (unpaired) electrons. The van der Waals surface area contributed by atoms with E-state index in [1.54, 1.807) is 6.20 Å². The average molecular weight is 277 g/mol. The molecule has 1 amide bonds. The minimum Gasteiger partial charge on any atom is -0.350 e. The van der Waals surface area contributed by atoms with Gasteiger partial charge in [-0.3, -0.25) is 4.79 Å². The van der Waals surface area contributed by atoms with E-state index in [1.165, 1.54) is 12.8 Å². The zero-order chi connectivity index (χ0) is 14.2. The number of piperidine rings is 1. The molecule has 0 saturated carbocycles. The first kappa shape index (κ1) is 14.9. The highest BCUT2D eigenvalue weighted by atomic mass is 16.1. The highest BCUT2D eigenvalue weighted by molar-refractivity contribution is 5.75. The molecule has 2 rings (SSSR count). The number of carbonyl (C=O) groups excluding carboxylic acids is 1. The molecule has 110 valence electrons. The SMILES string of the molecule is CNC1CCCN(CCC(=O)NCc2cccnn2)C1. The van der Waals surface area contributed by atoms with Gasteiger partial charge in [0, 0.05) is 31.7 Å². The summed E-state index contributed by atoms with van der Waals surface area (Å²) >= 11 is 0. The Bertz CT molecular complexity index is 411. The van der Waals surface area contributed by atoms with Crippen LogP contribution < -0.4 is 10.6 Å². The lowest BCUT2D eigenvalue weighted by Crippen LogP contribution is -2.45. The number of hydrogen-bond acceptors (Lipinski definition) is 5. The van der Waals surface area contributed by atoms with Crippen LogP contribution in [0.3, 0.4) is 0 Å². The molecule has 1 fully saturated rings. The Labute approximate surface area is 120 Å². The summed E-state index contributed by atoms with van der Waals surface area (Å²) in [5.74, 6) is 0.0715. The monoisotopic (exact) mass is 277 g/mol. The molecule has 1 aliphatic rings. The van der Waals surface area contributed by atoms with Crippen molar-refractivity contribution < 1.29 is 4.79 Å². The Hall–Kier alpha value is -1.53.